The Hall–Kier alpha value is -2.68. The molecular weight excluding hydrogens is 360 g/mol. The third-order valence-corrected chi connectivity index (χ3v) is 5.23. The molecule has 0 fully saturated rings. The zero-order valence-corrected chi connectivity index (χ0v) is 14.9. The summed E-state index contributed by atoms with van der Waals surface area (Å²) >= 11 is 1.54. The van der Waals surface area contributed by atoms with Crippen LogP contribution in [0.1, 0.15) is 34.2 Å². The lowest BCUT2D eigenvalue weighted by Gasteiger charge is -2.33. The molecule has 4 rings (SSSR count). The first-order chi connectivity index (χ1) is 12.5. The van der Waals surface area contributed by atoms with Crippen molar-refractivity contribution in [3.63, 3.8) is 0 Å². The van der Waals surface area contributed by atoms with Gasteiger partial charge in [0.25, 0.3) is 5.91 Å². The standard InChI is InChI=1S/C17H15F2N5OS/c1-9-15-21-22-16(14-8-26-10(2)20-14)24(15)6-5-23(9)17(25)11-3-4-12(18)13(19)7-11/h3-4,7-9H,5-6H2,1-2H3/t9-/m1/s1. The zero-order valence-electron chi connectivity index (χ0n) is 14.1. The summed E-state index contributed by atoms with van der Waals surface area (Å²) in [5.74, 6) is -1.05. The van der Waals surface area contributed by atoms with Crippen molar-refractivity contribution in [1.82, 2.24) is 24.6 Å². The van der Waals surface area contributed by atoms with Gasteiger partial charge in [-0.1, -0.05) is 0 Å². The molecule has 0 radical (unpaired) electrons. The van der Waals surface area contributed by atoms with Crippen LogP contribution in [0, 0.1) is 18.6 Å². The predicted molar refractivity (Wildman–Crippen MR) is 91.7 cm³/mol. The third kappa shape index (κ3) is 2.68. The van der Waals surface area contributed by atoms with E-state index in [1.165, 1.54) is 17.4 Å². The molecule has 2 aromatic heterocycles. The molecule has 6 nitrogen and oxygen atoms in total. The topological polar surface area (TPSA) is 63.9 Å². The highest BCUT2D eigenvalue weighted by Gasteiger charge is 2.32. The van der Waals surface area contributed by atoms with Crippen LogP contribution in [0.5, 0.6) is 0 Å². The third-order valence-electron chi connectivity index (χ3n) is 4.46. The molecule has 26 heavy (non-hydrogen) atoms. The molecule has 0 N–H and O–H groups in total. The minimum absolute atomic E-state index is 0.110. The van der Waals surface area contributed by atoms with Crippen LogP contribution in [0.15, 0.2) is 23.6 Å². The van der Waals surface area contributed by atoms with Crippen molar-refractivity contribution in [2.75, 3.05) is 6.54 Å². The van der Waals surface area contributed by atoms with Crippen LogP contribution < -0.4 is 0 Å². The lowest BCUT2D eigenvalue weighted by Crippen LogP contribution is -2.41. The highest BCUT2D eigenvalue weighted by Crippen LogP contribution is 2.30. The molecule has 0 aliphatic carbocycles. The SMILES string of the molecule is Cc1nc(-c2nnc3n2CCN(C(=O)c2ccc(F)c(F)c2)[C@@H]3C)cs1. The number of aromatic nitrogens is 4. The molecule has 0 saturated heterocycles. The molecule has 0 saturated carbocycles. The van der Waals surface area contributed by atoms with Crippen molar-refractivity contribution < 1.29 is 13.6 Å². The summed E-state index contributed by atoms with van der Waals surface area (Å²) < 4.78 is 28.5. The van der Waals surface area contributed by atoms with Crippen LogP contribution in [-0.2, 0) is 6.54 Å². The van der Waals surface area contributed by atoms with Gasteiger partial charge in [0, 0.05) is 24.0 Å². The molecule has 3 aromatic rings. The summed E-state index contributed by atoms with van der Waals surface area (Å²) in [6.45, 7) is 4.69. The van der Waals surface area contributed by atoms with Crippen LogP contribution in [-0.4, -0.2) is 37.1 Å². The van der Waals surface area contributed by atoms with E-state index in [-0.39, 0.29) is 17.5 Å². The number of rotatable bonds is 2. The molecule has 0 bridgehead atoms. The van der Waals surface area contributed by atoms with Gasteiger partial charge < -0.3 is 9.47 Å². The van der Waals surface area contributed by atoms with Gasteiger partial charge in [-0.3, -0.25) is 4.79 Å². The Morgan fingerprint density at radius 2 is 2.04 bits per heavy atom. The average molecular weight is 375 g/mol. The van der Waals surface area contributed by atoms with Crippen LogP contribution in [0.25, 0.3) is 11.5 Å². The number of hydrogen-bond donors (Lipinski definition) is 0. The Kier molecular flexibility index (Phi) is 4.03. The summed E-state index contributed by atoms with van der Waals surface area (Å²) in [6.07, 6.45) is 0. The quantitative estimate of drug-likeness (QED) is 0.690. The minimum atomic E-state index is -1.04. The zero-order chi connectivity index (χ0) is 18.4. The molecule has 1 aromatic carbocycles. The summed E-state index contributed by atoms with van der Waals surface area (Å²) in [6, 6.07) is 2.83. The van der Waals surface area contributed by atoms with Crippen molar-refractivity contribution in [3.8, 4) is 11.5 Å². The van der Waals surface area contributed by atoms with Gasteiger partial charge in [-0.15, -0.1) is 21.5 Å². The van der Waals surface area contributed by atoms with E-state index in [2.05, 4.69) is 15.2 Å². The number of aryl methyl sites for hydroxylation is 1. The second-order valence-electron chi connectivity index (χ2n) is 6.09. The van der Waals surface area contributed by atoms with Crippen LogP contribution >= 0.6 is 11.3 Å². The van der Waals surface area contributed by atoms with E-state index in [4.69, 9.17) is 0 Å². The van der Waals surface area contributed by atoms with Crippen LogP contribution in [0.3, 0.4) is 0 Å². The fourth-order valence-corrected chi connectivity index (χ4v) is 3.70. The molecule has 1 atom stereocenters. The van der Waals surface area contributed by atoms with Gasteiger partial charge in [-0.2, -0.15) is 0 Å². The largest absolute Gasteiger partial charge is 0.327 e. The first-order valence-corrected chi connectivity index (χ1v) is 8.95. The molecule has 9 heteroatoms. The van der Waals surface area contributed by atoms with Crippen molar-refractivity contribution in [3.05, 3.63) is 51.6 Å². The van der Waals surface area contributed by atoms with E-state index in [0.717, 1.165) is 22.8 Å². The van der Waals surface area contributed by atoms with E-state index in [0.29, 0.717) is 24.7 Å². The molecule has 0 spiro atoms. The average Bonchev–Trinajstić information content (AvgIpc) is 3.23. The van der Waals surface area contributed by atoms with Gasteiger partial charge in [0.05, 0.1) is 11.0 Å². The van der Waals surface area contributed by atoms with Crippen molar-refractivity contribution >= 4 is 17.2 Å². The number of fused-ring (bicyclic) bond motifs is 1. The Bertz CT molecular complexity index is 999. The van der Waals surface area contributed by atoms with E-state index in [9.17, 15) is 13.6 Å². The summed E-state index contributed by atoms with van der Waals surface area (Å²) in [4.78, 5) is 18.8. The smallest absolute Gasteiger partial charge is 0.254 e. The van der Waals surface area contributed by atoms with Gasteiger partial charge in [-0.25, -0.2) is 13.8 Å². The second-order valence-corrected chi connectivity index (χ2v) is 7.15. The van der Waals surface area contributed by atoms with E-state index >= 15 is 0 Å². The molecule has 1 aliphatic rings. The number of halogens is 2. The van der Waals surface area contributed by atoms with Crippen molar-refractivity contribution in [2.24, 2.45) is 0 Å². The summed E-state index contributed by atoms with van der Waals surface area (Å²) in [5, 5.41) is 11.3. The van der Waals surface area contributed by atoms with Gasteiger partial charge in [0.2, 0.25) is 0 Å². The number of thiazole rings is 1. The number of benzene rings is 1. The van der Waals surface area contributed by atoms with E-state index < -0.39 is 11.6 Å². The van der Waals surface area contributed by atoms with Crippen molar-refractivity contribution in [1.29, 1.82) is 0 Å². The van der Waals surface area contributed by atoms with Gasteiger partial charge in [-0.05, 0) is 32.0 Å². The number of carbonyl (C=O) groups is 1. The molecule has 1 aliphatic heterocycles. The Labute approximate surface area is 152 Å². The van der Waals surface area contributed by atoms with E-state index in [1.807, 2.05) is 23.8 Å². The number of carbonyl (C=O) groups excluding carboxylic acids is 1. The predicted octanol–water partition coefficient (Wildman–Crippen LogP) is 3.21. The fraction of sp³-hybridized carbons (Fsp3) is 0.294. The van der Waals surface area contributed by atoms with Gasteiger partial charge in [0.1, 0.15) is 5.69 Å². The molecule has 3 heterocycles. The van der Waals surface area contributed by atoms with Gasteiger partial charge in [0.15, 0.2) is 23.3 Å². The molecule has 1 amide bonds. The first kappa shape index (κ1) is 16.8. The van der Waals surface area contributed by atoms with E-state index in [1.54, 1.807) is 4.90 Å². The first-order valence-electron chi connectivity index (χ1n) is 8.07. The Morgan fingerprint density at radius 1 is 1.23 bits per heavy atom. The second kappa shape index (κ2) is 6.24. The maximum absolute atomic E-state index is 13.5. The molecular formula is C17H15F2N5OS. The number of amides is 1. The minimum Gasteiger partial charge on any atom is -0.327 e. The van der Waals surface area contributed by atoms with Crippen molar-refractivity contribution in [2.45, 2.75) is 26.4 Å². The number of nitrogens with zero attached hydrogens (tertiary/aromatic N) is 5. The summed E-state index contributed by atoms with van der Waals surface area (Å²) in [7, 11) is 0. The highest BCUT2D eigenvalue weighted by atomic mass is 32.1. The van der Waals surface area contributed by atoms with Crippen LogP contribution in [0.2, 0.25) is 0 Å². The molecule has 134 valence electrons. The summed E-state index contributed by atoms with van der Waals surface area (Å²) in [5.41, 5.74) is 0.873. The Morgan fingerprint density at radius 3 is 2.73 bits per heavy atom. The fourth-order valence-electron chi connectivity index (χ4n) is 3.11. The monoisotopic (exact) mass is 375 g/mol. The van der Waals surface area contributed by atoms with Crippen LogP contribution in [0.4, 0.5) is 8.78 Å². The number of hydrogen-bond acceptors (Lipinski definition) is 5. The Balaban J connectivity index is 1.64. The maximum Gasteiger partial charge on any atom is 0.254 e. The normalized spacial score (nSPS) is 16.6. The lowest BCUT2D eigenvalue weighted by atomic mass is 10.1. The maximum atomic E-state index is 13.5. The highest BCUT2D eigenvalue weighted by molar-refractivity contribution is 7.09. The lowest BCUT2D eigenvalue weighted by molar-refractivity contribution is 0.0638. The molecule has 0 unspecified atom stereocenters. The van der Waals surface area contributed by atoms with Gasteiger partial charge >= 0.3 is 0 Å².